The fourth-order valence-electron chi connectivity index (χ4n) is 2.19. The van der Waals surface area contributed by atoms with E-state index in [0.717, 1.165) is 5.56 Å². The van der Waals surface area contributed by atoms with Gasteiger partial charge in [0, 0.05) is 24.1 Å². The molecule has 0 saturated heterocycles. The smallest absolute Gasteiger partial charge is 0.267 e. The van der Waals surface area contributed by atoms with Crippen LogP contribution in [-0.2, 0) is 10.0 Å². The number of sulfonamides is 1. The molecule has 0 fully saturated rings. The van der Waals surface area contributed by atoms with Gasteiger partial charge < -0.3 is 0 Å². The van der Waals surface area contributed by atoms with Gasteiger partial charge in [-0.15, -0.1) is 0 Å². The van der Waals surface area contributed by atoms with E-state index >= 15 is 0 Å². The van der Waals surface area contributed by atoms with Crippen LogP contribution in [0.1, 0.15) is 32.7 Å². The van der Waals surface area contributed by atoms with Crippen LogP contribution in [-0.4, -0.2) is 26.8 Å². The summed E-state index contributed by atoms with van der Waals surface area (Å²) in [6.45, 7) is 1.78. The largest absolute Gasteiger partial charge is 0.269 e. The summed E-state index contributed by atoms with van der Waals surface area (Å²) in [5.41, 5.74) is 5.98. The van der Waals surface area contributed by atoms with E-state index < -0.39 is 21.8 Å². The van der Waals surface area contributed by atoms with E-state index in [1.54, 1.807) is 31.2 Å². The first-order chi connectivity index (χ1) is 12.8. The number of hydrazine groups is 1. The first-order valence-corrected chi connectivity index (χ1v) is 9.46. The van der Waals surface area contributed by atoms with Gasteiger partial charge in [-0.2, -0.15) is 5.26 Å². The topological polar surface area (TPSA) is 128 Å². The number of aryl methyl sites for hydroxylation is 1. The van der Waals surface area contributed by atoms with Crippen molar-refractivity contribution in [1.82, 2.24) is 15.6 Å². The number of carbonyl (C=O) groups excluding carboxylic acids is 2. The second-order valence-electron chi connectivity index (χ2n) is 5.55. The minimum Gasteiger partial charge on any atom is -0.267 e. The summed E-state index contributed by atoms with van der Waals surface area (Å²) in [5.74, 6) is -1.04. The van der Waals surface area contributed by atoms with Crippen LogP contribution < -0.4 is 15.6 Å². The van der Waals surface area contributed by atoms with Crippen molar-refractivity contribution in [2.45, 2.75) is 18.2 Å². The summed E-state index contributed by atoms with van der Waals surface area (Å²) in [7, 11) is -3.74. The van der Waals surface area contributed by atoms with Crippen LogP contribution in [0.25, 0.3) is 0 Å². The summed E-state index contributed by atoms with van der Waals surface area (Å²) in [6.07, 6.45) is 0.0559. The molecule has 2 rings (SSSR count). The zero-order valence-electron chi connectivity index (χ0n) is 14.5. The van der Waals surface area contributed by atoms with Crippen LogP contribution in [0.2, 0.25) is 0 Å². The number of nitrogens with one attached hydrogen (secondary N) is 3. The Balaban J connectivity index is 1.99. The van der Waals surface area contributed by atoms with Gasteiger partial charge >= 0.3 is 0 Å². The predicted molar refractivity (Wildman–Crippen MR) is 98.0 cm³/mol. The number of carbonyl (C=O) groups is 2. The van der Waals surface area contributed by atoms with Crippen molar-refractivity contribution in [2.24, 2.45) is 0 Å². The highest BCUT2D eigenvalue weighted by Gasteiger charge is 2.15. The molecule has 0 aliphatic carbocycles. The van der Waals surface area contributed by atoms with E-state index in [1.807, 2.05) is 6.07 Å². The third kappa shape index (κ3) is 5.37. The van der Waals surface area contributed by atoms with E-state index in [1.165, 1.54) is 24.3 Å². The van der Waals surface area contributed by atoms with Crippen LogP contribution in [0.4, 0.5) is 0 Å². The van der Waals surface area contributed by atoms with Crippen molar-refractivity contribution in [1.29, 1.82) is 5.26 Å². The van der Waals surface area contributed by atoms with E-state index in [0.29, 0.717) is 5.56 Å². The molecule has 0 aromatic heterocycles. The molecule has 0 aliphatic rings. The van der Waals surface area contributed by atoms with Gasteiger partial charge in [0.2, 0.25) is 10.0 Å². The second-order valence-corrected chi connectivity index (χ2v) is 7.32. The fourth-order valence-corrected chi connectivity index (χ4v) is 3.22. The Hall–Kier alpha value is -3.22. The molecule has 0 aliphatic heterocycles. The van der Waals surface area contributed by atoms with Crippen molar-refractivity contribution in [3.8, 4) is 6.07 Å². The van der Waals surface area contributed by atoms with Gasteiger partial charge in [-0.05, 0) is 42.8 Å². The highest BCUT2D eigenvalue weighted by molar-refractivity contribution is 7.89. The molecule has 9 heteroatoms. The van der Waals surface area contributed by atoms with Gasteiger partial charge in [-0.3, -0.25) is 20.4 Å². The summed E-state index contributed by atoms with van der Waals surface area (Å²) in [5, 5.41) is 8.45. The zero-order valence-corrected chi connectivity index (χ0v) is 15.3. The molecule has 2 aromatic carbocycles. The molecule has 0 unspecified atom stereocenters. The second kappa shape index (κ2) is 8.93. The van der Waals surface area contributed by atoms with Crippen molar-refractivity contribution in [3.05, 3.63) is 65.2 Å². The fraction of sp³-hybridized carbons (Fsp3) is 0.167. The lowest BCUT2D eigenvalue weighted by molar-refractivity contribution is 0.0846. The number of rotatable bonds is 6. The number of nitrogens with zero attached hydrogens (tertiary/aromatic N) is 1. The quantitative estimate of drug-likeness (QED) is 0.509. The Kier molecular flexibility index (Phi) is 6.65. The maximum Gasteiger partial charge on any atom is 0.269 e. The maximum absolute atomic E-state index is 12.1. The normalized spacial score (nSPS) is 10.7. The van der Waals surface area contributed by atoms with Gasteiger partial charge in [0.05, 0.1) is 11.0 Å². The number of hydrogen-bond donors (Lipinski definition) is 3. The van der Waals surface area contributed by atoms with Crippen molar-refractivity contribution in [3.63, 3.8) is 0 Å². The molecule has 2 aromatic rings. The van der Waals surface area contributed by atoms with E-state index in [9.17, 15) is 18.0 Å². The van der Waals surface area contributed by atoms with E-state index in [-0.39, 0.29) is 23.4 Å². The lowest BCUT2D eigenvalue weighted by atomic mass is 10.1. The van der Waals surface area contributed by atoms with Crippen LogP contribution in [0, 0.1) is 18.3 Å². The summed E-state index contributed by atoms with van der Waals surface area (Å²) in [4.78, 5) is 24.2. The number of hydrogen-bond acceptors (Lipinski definition) is 5. The molecule has 2 amide bonds. The van der Waals surface area contributed by atoms with Gasteiger partial charge in [0.25, 0.3) is 11.8 Å². The van der Waals surface area contributed by atoms with Gasteiger partial charge in [-0.25, -0.2) is 13.1 Å². The molecule has 8 nitrogen and oxygen atoms in total. The predicted octanol–water partition coefficient (Wildman–Crippen LogP) is 1.26. The highest BCUT2D eigenvalue weighted by atomic mass is 32.2. The highest BCUT2D eigenvalue weighted by Crippen LogP contribution is 2.11. The maximum atomic E-state index is 12.1. The summed E-state index contributed by atoms with van der Waals surface area (Å²) < 4.78 is 26.3. The molecular formula is C18H18N4O4S. The number of benzene rings is 2. The average molecular weight is 386 g/mol. The Morgan fingerprint density at radius 1 is 1.00 bits per heavy atom. The Morgan fingerprint density at radius 2 is 1.63 bits per heavy atom. The van der Waals surface area contributed by atoms with Crippen molar-refractivity contribution in [2.75, 3.05) is 6.54 Å². The molecule has 27 heavy (non-hydrogen) atoms. The lowest BCUT2D eigenvalue weighted by Gasteiger charge is -2.10. The van der Waals surface area contributed by atoms with Gasteiger partial charge in [0.1, 0.15) is 0 Å². The molecular weight excluding hydrogens is 368 g/mol. The van der Waals surface area contributed by atoms with Gasteiger partial charge in [-0.1, -0.05) is 18.2 Å². The monoisotopic (exact) mass is 386 g/mol. The van der Waals surface area contributed by atoms with E-state index in [4.69, 9.17) is 5.26 Å². The van der Waals surface area contributed by atoms with Gasteiger partial charge in [0.15, 0.2) is 0 Å². The van der Waals surface area contributed by atoms with Crippen LogP contribution in [0.3, 0.4) is 0 Å². The van der Waals surface area contributed by atoms with E-state index in [2.05, 4.69) is 15.6 Å². The standard InChI is InChI=1S/C18H18N4O4S/c1-13-5-2-3-6-16(13)18(24)22-21-17(23)14-7-9-15(10-8-14)27(25,26)20-12-4-11-19/h2-3,5-10,20H,4,12H2,1H3,(H,21,23)(H,22,24). The first-order valence-electron chi connectivity index (χ1n) is 7.98. The van der Waals surface area contributed by atoms with Crippen molar-refractivity contribution < 1.29 is 18.0 Å². The summed E-state index contributed by atoms with van der Waals surface area (Å²) in [6, 6.07) is 14.0. The number of nitriles is 1. The average Bonchev–Trinajstić information content (AvgIpc) is 2.66. The van der Waals surface area contributed by atoms with Crippen LogP contribution in [0.15, 0.2) is 53.4 Å². The number of amides is 2. The Morgan fingerprint density at radius 3 is 2.26 bits per heavy atom. The minimum atomic E-state index is -3.74. The first kappa shape index (κ1) is 20.1. The Bertz CT molecular complexity index is 979. The molecule has 0 atom stereocenters. The molecule has 0 bridgehead atoms. The zero-order chi connectivity index (χ0) is 19.9. The molecule has 0 radical (unpaired) electrons. The third-order valence-electron chi connectivity index (χ3n) is 3.63. The molecule has 0 saturated carbocycles. The molecule has 0 heterocycles. The minimum absolute atomic E-state index is 0.00596. The molecule has 0 spiro atoms. The van der Waals surface area contributed by atoms with Crippen molar-refractivity contribution >= 4 is 21.8 Å². The Labute approximate surface area is 157 Å². The van der Waals surface area contributed by atoms with Crippen LogP contribution >= 0.6 is 0 Å². The summed E-state index contributed by atoms with van der Waals surface area (Å²) >= 11 is 0. The lowest BCUT2D eigenvalue weighted by Crippen LogP contribution is -2.41. The third-order valence-corrected chi connectivity index (χ3v) is 5.11. The molecule has 140 valence electrons. The van der Waals surface area contributed by atoms with Crippen LogP contribution in [0.5, 0.6) is 0 Å². The molecule has 3 N–H and O–H groups in total. The SMILES string of the molecule is Cc1ccccc1C(=O)NNC(=O)c1ccc(S(=O)(=O)NCCC#N)cc1.